The van der Waals surface area contributed by atoms with E-state index in [1.165, 1.54) is 12.1 Å². The second-order valence-electron chi connectivity index (χ2n) is 7.73. The molecule has 1 nitrogen and oxygen atoms in total. The van der Waals surface area contributed by atoms with Crippen LogP contribution in [0.4, 0.5) is 26.3 Å². The van der Waals surface area contributed by atoms with E-state index in [0.29, 0.717) is 18.1 Å². The molecule has 0 heterocycles. The summed E-state index contributed by atoms with van der Waals surface area (Å²) in [5.41, 5.74) is -0.676. The van der Waals surface area contributed by atoms with Gasteiger partial charge < -0.3 is 4.74 Å². The first-order chi connectivity index (χ1) is 12.9. The van der Waals surface area contributed by atoms with Crippen molar-refractivity contribution in [1.82, 2.24) is 0 Å². The number of hydrogen-bond donors (Lipinski definition) is 0. The van der Waals surface area contributed by atoms with Gasteiger partial charge in [-0.2, -0.15) is 26.3 Å². The summed E-state index contributed by atoms with van der Waals surface area (Å²) in [6.07, 6.45) is 1.03. The summed E-state index contributed by atoms with van der Waals surface area (Å²) in [5, 5.41) is 0. The van der Waals surface area contributed by atoms with Crippen molar-refractivity contribution >= 4 is 0 Å². The van der Waals surface area contributed by atoms with Crippen LogP contribution in [-0.4, -0.2) is 11.8 Å². The molecule has 0 spiro atoms. The van der Waals surface area contributed by atoms with Crippen LogP contribution < -0.4 is 0 Å². The van der Waals surface area contributed by atoms with Gasteiger partial charge in [0.2, 0.25) is 0 Å². The third kappa shape index (κ3) is 3.67. The van der Waals surface area contributed by atoms with E-state index in [2.05, 4.69) is 11.7 Å². The standard InChI is InChI=1S/C21H22F6O/c1-13-3-6-15(7-4-13)16-8-10-17(11-9-16)21(26,27)28-18-12-5-14(2)19(22,23)20(18,24)25/h5,8-13,15H,3-4,6-7H2,1-2H3. The lowest BCUT2D eigenvalue weighted by Crippen LogP contribution is -2.46. The van der Waals surface area contributed by atoms with Crippen LogP contribution in [0.2, 0.25) is 0 Å². The molecule has 1 aromatic rings. The summed E-state index contributed by atoms with van der Waals surface area (Å²) in [5.74, 6) is -10.3. The number of ether oxygens (including phenoxy) is 1. The molecule has 3 rings (SSSR count). The zero-order valence-corrected chi connectivity index (χ0v) is 15.6. The maximum Gasteiger partial charge on any atom is 0.426 e. The fraction of sp³-hybridized carbons (Fsp3) is 0.524. The lowest BCUT2D eigenvalue weighted by atomic mass is 9.79. The van der Waals surface area contributed by atoms with Crippen LogP contribution in [0.3, 0.4) is 0 Å². The van der Waals surface area contributed by atoms with Gasteiger partial charge >= 0.3 is 18.0 Å². The Labute approximate surface area is 160 Å². The number of alkyl halides is 6. The maximum atomic E-state index is 14.4. The lowest BCUT2D eigenvalue weighted by Gasteiger charge is -2.33. The normalized spacial score (nSPS) is 27.0. The van der Waals surface area contributed by atoms with Crippen LogP contribution in [-0.2, 0) is 10.8 Å². The monoisotopic (exact) mass is 404 g/mol. The van der Waals surface area contributed by atoms with Crippen LogP contribution in [0, 0.1) is 5.92 Å². The highest BCUT2D eigenvalue weighted by molar-refractivity contribution is 5.35. The van der Waals surface area contributed by atoms with Crippen LogP contribution >= 0.6 is 0 Å². The second-order valence-corrected chi connectivity index (χ2v) is 7.73. The molecule has 1 fully saturated rings. The Morgan fingerprint density at radius 1 is 0.893 bits per heavy atom. The first-order valence-corrected chi connectivity index (χ1v) is 9.27. The summed E-state index contributed by atoms with van der Waals surface area (Å²) in [4.78, 5) is 0. The average molecular weight is 404 g/mol. The van der Waals surface area contributed by atoms with Crippen molar-refractivity contribution in [3.05, 3.63) is 58.9 Å². The van der Waals surface area contributed by atoms with E-state index in [1.54, 1.807) is 0 Å². The number of halogens is 6. The highest BCUT2D eigenvalue weighted by atomic mass is 19.3. The molecule has 7 heteroatoms. The van der Waals surface area contributed by atoms with Gasteiger partial charge in [-0.25, -0.2) is 0 Å². The quantitative estimate of drug-likeness (QED) is 0.484. The largest absolute Gasteiger partial charge is 0.427 e. The Bertz CT molecular complexity index is 771. The molecular formula is C21H22F6O. The van der Waals surface area contributed by atoms with E-state index in [4.69, 9.17) is 0 Å². The van der Waals surface area contributed by atoms with Gasteiger partial charge in [0, 0.05) is 5.57 Å². The minimum absolute atomic E-state index is 0.275. The summed E-state index contributed by atoms with van der Waals surface area (Å²) < 4.78 is 88.2. The van der Waals surface area contributed by atoms with Crippen molar-refractivity contribution in [1.29, 1.82) is 0 Å². The summed E-state index contributed by atoms with van der Waals surface area (Å²) >= 11 is 0. The van der Waals surface area contributed by atoms with E-state index in [-0.39, 0.29) is 5.92 Å². The number of rotatable bonds is 4. The predicted molar refractivity (Wildman–Crippen MR) is 93.5 cm³/mol. The SMILES string of the molecule is CC1=CC=C(OC(F)(F)c2ccc(C3CCC(C)CC3)cc2)C(F)(F)C1(F)F. The number of benzene rings is 1. The van der Waals surface area contributed by atoms with Gasteiger partial charge in [0.15, 0.2) is 5.76 Å². The van der Waals surface area contributed by atoms with E-state index in [9.17, 15) is 26.3 Å². The average Bonchev–Trinajstić information content (AvgIpc) is 2.64. The summed E-state index contributed by atoms with van der Waals surface area (Å²) in [7, 11) is 0. The Balaban J connectivity index is 1.78. The highest BCUT2D eigenvalue weighted by Crippen LogP contribution is 2.49. The van der Waals surface area contributed by atoms with E-state index >= 15 is 0 Å². The molecule has 0 amide bonds. The Morgan fingerprint density at radius 3 is 2.04 bits per heavy atom. The Hall–Kier alpha value is -1.92. The Morgan fingerprint density at radius 2 is 1.46 bits per heavy atom. The van der Waals surface area contributed by atoms with Gasteiger partial charge in [-0.1, -0.05) is 38.0 Å². The predicted octanol–water partition coefficient (Wildman–Crippen LogP) is 7.16. The molecule has 2 aliphatic rings. The topological polar surface area (TPSA) is 9.23 Å². The molecule has 0 atom stereocenters. The number of allylic oxidation sites excluding steroid dienone is 4. The molecular weight excluding hydrogens is 382 g/mol. The first kappa shape index (κ1) is 20.8. The lowest BCUT2D eigenvalue weighted by molar-refractivity contribution is -0.267. The van der Waals surface area contributed by atoms with Crippen LogP contribution in [0.1, 0.15) is 56.6 Å². The highest BCUT2D eigenvalue weighted by Gasteiger charge is 2.63. The fourth-order valence-electron chi connectivity index (χ4n) is 3.65. The molecule has 0 N–H and O–H groups in total. The molecule has 0 unspecified atom stereocenters. The molecule has 28 heavy (non-hydrogen) atoms. The minimum Gasteiger partial charge on any atom is -0.427 e. The molecule has 0 bridgehead atoms. The van der Waals surface area contributed by atoms with Crippen LogP contribution in [0.25, 0.3) is 0 Å². The van der Waals surface area contributed by atoms with Crippen LogP contribution in [0.5, 0.6) is 0 Å². The van der Waals surface area contributed by atoms with Gasteiger partial charge in [0.05, 0.1) is 5.56 Å². The van der Waals surface area contributed by atoms with Crippen molar-refractivity contribution < 1.29 is 31.1 Å². The van der Waals surface area contributed by atoms with Gasteiger partial charge in [-0.05, 0) is 55.4 Å². The van der Waals surface area contributed by atoms with E-state index < -0.39 is 34.8 Å². The second kappa shape index (κ2) is 7.16. The maximum absolute atomic E-state index is 14.4. The van der Waals surface area contributed by atoms with E-state index in [1.807, 2.05) is 0 Å². The van der Waals surface area contributed by atoms with Crippen molar-refractivity contribution in [3.8, 4) is 0 Å². The fourth-order valence-corrected chi connectivity index (χ4v) is 3.65. The molecule has 154 valence electrons. The molecule has 0 aliphatic heterocycles. The van der Waals surface area contributed by atoms with Crippen molar-refractivity contribution in [2.75, 3.05) is 0 Å². The number of hydrogen-bond acceptors (Lipinski definition) is 1. The molecule has 0 radical (unpaired) electrons. The Kier molecular flexibility index (Phi) is 5.32. The van der Waals surface area contributed by atoms with Crippen molar-refractivity contribution in [2.24, 2.45) is 5.92 Å². The smallest absolute Gasteiger partial charge is 0.426 e. The first-order valence-electron chi connectivity index (χ1n) is 9.27. The van der Waals surface area contributed by atoms with Gasteiger partial charge in [-0.15, -0.1) is 0 Å². The summed E-state index contributed by atoms with van der Waals surface area (Å²) in [6, 6.07) is 5.26. The summed E-state index contributed by atoms with van der Waals surface area (Å²) in [6.45, 7) is 2.98. The minimum atomic E-state index is -4.85. The third-order valence-electron chi connectivity index (χ3n) is 5.66. The molecule has 2 aliphatic carbocycles. The van der Waals surface area contributed by atoms with Gasteiger partial charge in [-0.3, -0.25) is 0 Å². The molecule has 0 aromatic heterocycles. The molecule has 0 saturated heterocycles. The zero-order valence-electron chi connectivity index (χ0n) is 15.6. The van der Waals surface area contributed by atoms with Gasteiger partial charge in [0.1, 0.15) is 0 Å². The van der Waals surface area contributed by atoms with Crippen LogP contribution in [0.15, 0.2) is 47.7 Å². The molecule has 1 aromatic carbocycles. The zero-order chi connectivity index (χ0) is 20.7. The van der Waals surface area contributed by atoms with E-state index in [0.717, 1.165) is 50.3 Å². The van der Waals surface area contributed by atoms with Crippen molar-refractivity contribution in [3.63, 3.8) is 0 Å². The van der Waals surface area contributed by atoms with Gasteiger partial charge in [0.25, 0.3) is 0 Å². The van der Waals surface area contributed by atoms with Crippen molar-refractivity contribution in [2.45, 2.75) is 63.4 Å². The third-order valence-corrected chi connectivity index (χ3v) is 5.66. The molecule has 1 saturated carbocycles.